The van der Waals surface area contributed by atoms with Crippen molar-refractivity contribution >= 4 is 29.4 Å². The van der Waals surface area contributed by atoms with Gasteiger partial charge in [-0.3, -0.25) is 9.59 Å². The van der Waals surface area contributed by atoms with E-state index in [-0.39, 0.29) is 12.4 Å². The molecule has 2 N–H and O–H groups in total. The predicted molar refractivity (Wildman–Crippen MR) is 92.5 cm³/mol. The van der Waals surface area contributed by atoms with Crippen LogP contribution in [0.15, 0.2) is 48.5 Å². The van der Waals surface area contributed by atoms with Crippen molar-refractivity contribution in [1.29, 1.82) is 0 Å². The Hall–Kier alpha value is -2.79. The van der Waals surface area contributed by atoms with Crippen LogP contribution in [0.2, 0.25) is 5.02 Å². The van der Waals surface area contributed by atoms with Gasteiger partial charge in [-0.1, -0.05) is 29.8 Å². The number of nitrogens with two attached hydrogens (primary N) is 1. The van der Waals surface area contributed by atoms with Gasteiger partial charge in [0.2, 0.25) is 0 Å². The number of methoxy groups -OCH3 is 1. The topological polar surface area (TPSA) is 78.6 Å². The van der Waals surface area contributed by atoms with Crippen LogP contribution in [0.5, 0.6) is 11.5 Å². The van der Waals surface area contributed by atoms with Gasteiger partial charge in [0, 0.05) is 11.1 Å². The van der Waals surface area contributed by atoms with Gasteiger partial charge < -0.3 is 15.2 Å². The van der Waals surface area contributed by atoms with Crippen LogP contribution in [-0.4, -0.2) is 25.4 Å². The zero-order valence-electron chi connectivity index (χ0n) is 13.0. The van der Waals surface area contributed by atoms with E-state index >= 15 is 0 Å². The van der Waals surface area contributed by atoms with Gasteiger partial charge in [0.1, 0.15) is 11.5 Å². The number of amides is 1. The zero-order chi connectivity index (χ0) is 17.5. The van der Waals surface area contributed by atoms with Gasteiger partial charge in [-0.25, -0.2) is 0 Å². The summed E-state index contributed by atoms with van der Waals surface area (Å²) in [6.45, 7) is -0.243. The normalized spacial score (nSPS) is 10.6. The Morgan fingerprint density at radius 2 is 1.88 bits per heavy atom. The summed E-state index contributed by atoms with van der Waals surface area (Å²) in [6.07, 6.45) is 3.14. The molecule has 2 rings (SSSR count). The lowest BCUT2D eigenvalue weighted by Gasteiger charge is -2.09. The number of carbonyl (C=O) groups excluding carboxylic acids is 2. The Morgan fingerprint density at radius 3 is 2.50 bits per heavy atom. The molecule has 0 aromatic heterocycles. The first-order valence-corrected chi connectivity index (χ1v) is 7.44. The van der Waals surface area contributed by atoms with E-state index in [9.17, 15) is 9.59 Å². The largest absolute Gasteiger partial charge is 0.496 e. The average Bonchev–Trinajstić information content (AvgIpc) is 2.58. The van der Waals surface area contributed by atoms with Gasteiger partial charge in [-0.05, 0) is 35.9 Å². The molecular weight excluding hydrogens is 330 g/mol. The first-order chi connectivity index (χ1) is 11.5. The van der Waals surface area contributed by atoms with Crippen LogP contribution >= 0.6 is 11.6 Å². The van der Waals surface area contributed by atoms with E-state index in [1.165, 1.54) is 19.3 Å². The lowest BCUT2D eigenvalue weighted by atomic mass is 10.1. The molecular formula is C18H16ClNO4. The molecule has 0 saturated carbocycles. The first-order valence-electron chi connectivity index (χ1n) is 7.06. The Bertz CT molecular complexity index is 769. The Labute approximate surface area is 144 Å². The van der Waals surface area contributed by atoms with E-state index in [1.54, 1.807) is 30.3 Å². The monoisotopic (exact) mass is 345 g/mol. The summed E-state index contributed by atoms with van der Waals surface area (Å²) >= 11 is 5.82. The molecule has 0 aliphatic rings. The SMILES string of the molecule is COc1cc(OCC(N)=O)ccc1C(=O)/C=C/c1ccc(Cl)cc1. The van der Waals surface area contributed by atoms with Gasteiger partial charge in [-0.15, -0.1) is 0 Å². The molecule has 0 fully saturated rings. The number of rotatable bonds is 7. The van der Waals surface area contributed by atoms with E-state index in [4.69, 9.17) is 26.8 Å². The number of allylic oxidation sites excluding steroid dienone is 1. The van der Waals surface area contributed by atoms with Crippen LogP contribution in [0.25, 0.3) is 6.08 Å². The molecule has 24 heavy (non-hydrogen) atoms. The highest BCUT2D eigenvalue weighted by Gasteiger charge is 2.11. The van der Waals surface area contributed by atoms with Gasteiger partial charge in [0.05, 0.1) is 12.7 Å². The molecule has 6 heteroatoms. The average molecular weight is 346 g/mol. The molecule has 0 radical (unpaired) electrons. The molecule has 0 unspecified atom stereocenters. The van der Waals surface area contributed by atoms with Gasteiger partial charge in [-0.2, -0.15) is 0 Å². The standard InChI is InChI=1S/C18H16ClNO4/c1-23-17-10-14(24-11-18(20)22)7-8-15(17)16(21)9-4-12-2-5-13(19)6-3-12/h2-10H,11H2,1H3,(H2,20,22)/b9-4+. The summed E-state index contributed by atoms with van der Waals surface area (Å²) in [5.41, 5.74) is 6.26. The van der Waals surface area contributed by atoms with E-state index in [0.29, 0.717) is 22.1 Å². The number of ether oxygens (including phenoxy) is 2. The fraction of sp³-hybridized carbons (Fsp3) is 0.111. The number of ketones is 1. The van der Waals surface area contributed by atoms with Crippen LogP contribution in [0.3, 0.4) is 0 Å². The molecule has 0 heterocycles. The molecule has 0 atom stereocenters. The van der Waals surface area contributed by atoms with Crippen molar-refractivity contribution in [1.82, 2.24) is 0 Å². The number of carbonyl (C=O) groups is 2. The third-order valence-electron chi connectivity index (χ3n) is 3.12. The second kappa shape index (κ2) is 8.17. The Morgan fingerprint density at radius 1 is 1.17 bits per heavy atom. The van der Waals surface area contributed by atoms with Crippen LogP contribution in [0, 0.1) is 0 Å². The van der Waals surface area contributed by atoms with Crippen LogP contribution in [0.4, 0.5) is 0 Å². The number of halogens is 1. The lowest BCUT2D eigenvalue weighted by molar-refractivity contribution is -0.119. The van der Waals surface area contributed by atoms with Crippen LogP contribution in [-0.2, 0) is 4.79 Å². The maximum atomic E-state index is 12.3. The van der Waals surface area contributed by atoms with Crippen molar-refractivity contribution in [3.05, 3.63) is 64.7 Å². The number of benzene rings is 2. The highest BCUT2D eigenvalue weighted by Crippen LogP contribution is 2.25. The van der Waals surface area contributed by atoms with Crippen molar-refractivity contribution in [3.8, 4) is 11.5 Å². The smallest absolute Gasteiger partial charge is 0.255 e. The van der Waals surface area contributed by atoms with Crippen LogP contribution in [0.1, 0.15) is 15.9 Å². The maximum absolute atomic E-state index is 12.3. The molecule has 0 spiro atoms. The van der Waals surface area contributed by atoms with Crippen molar-refractivity contribution in [2.75, 3.05) is 13.7 Å². The van der Waals surface area contributed by atoms with E-state index < -0.39 is 5.91 Å². The highest BCUT2D eigenvalue weighted by molar-refractivity contribution is 6.30. The fourth-order valence-corrected chi connectivity index (χ4v) is 2.08. The second-order valence-corrected chi connectivity index (χ2v) is 5.30. The number of hydrogen-bond donors (Lipinski definition) is 1. The first kappa shape index (κ1) is 17.6. The molecule has 0 bridgehead atoms. The predicted octanol–water partition coefficient (Wildman–Crippen LogP) is 3.11. The molecule has 124 valence electrons. The minimum absolute atomic E-state index is 0.219. The molecule has 1 amide bonds. The third-order valence-corrected chi connectivity index (χ3v) is 3.37. The van der Waals surface area contributed by atoms with Crippen molar-refractivity contribution in [2.24, 2.45) is 5.73 Å². The molecule has 2 aromatic rings. The lowest BCUT2D eigenvalue weighted by Crippen LogP contribution is -2.20. The minimum Gasteiger partial charge on any atom is -0.496 e. The summed E-state index contributed by atoms with van der Waals surface area (Å²) in [6, 6.07) is 11.8. The summed E-state index contributed by atoms with van der Waals surface area (Å²) in [7, 11) is 1.45. The number of hydrogen-bond acceptors (Lipinski definition) is 4. The molecule has 5 nitrogen and oxygen atoms in total. The highest BCUT2D eigenvalue weighted by atomic mass is 35.5. The summed E-state index contributed by atoms with van der Waals surface area (Å²) < 4.78 is 10.4. The zero-order valence-corrected chi connectivity index (χ0v) is 13.7. The fourth-order valence-electron chi connectivity index (χ4n) is 1.95. The van der Waals surface area contributed by atoms with E-state index in [2.05, 4.69) is 0 Å². The molecule has 0 aliphatic carbocycles. The van der Waals surface area contributed by atoms with E-state index in [0.717, 1.165) is 5.56 Å². The van der Waals surface area contributed by atoms with Crippen molar-refractivity contribution < 1.29 is 19.1 Å². The van der Waals surface area contributed by atoms with E-state index in [1.807, 2.05) is 12.1 Å². The van der Waals surface area contributed by atoms with Gasteiger partial charge in [0.25, 0.3) is 5.91 Å². The maximum Gasteiger partial charge on any atom is 0.255 e. The van der Waals surface area contributed by atoms with Crippen molar-refractivity contribution in [2.45, 2.75) is 0 Å². The Kier molecular flexibility index (Phi) is 5.98. The van der Waals surface area contributed by atoms with Crippen molar-refractivity contribution in [3.63, 3.8) is 0 Å². The van der Waals surface area contributed by atoms with Crippen LogP contribution < -0.4 is 15.2 Å². The molecule has 0 aliphatic heterocycles. The third kappa shape index (κ3) is 4.86. The van der Waals surface area contributed by atoms with Gasteiger partial charge >= 0.3 is 0 Å². The second-order valence-electron chi connectivity index (χ2n) is 4.87. The minimum atomic E-state index is -0.583. The summed E-state index contributed by atoms with van der Waals surface area (Å²) in [5.74, 6) is -0.0603. The Balaban J connectivity index is 2.16. The molecule has 2 aromatic carbocycles. The van der Waals surface area contributed by atoms with Gasteiger partial charge in [0.15, 0.2) is 12.4 Å². The summed E-state index contributed by atoms with van der Waals surface area (Å²) in [5, 5.41) is 0.631. The summed E-state index contributed by atoms with van der Waals surface area (Å²) in [4.78, 5) is 23.1. The number of primary amides is 1. The molecule has 0 saturated heterocycles. The quantitative estimate of drug-likeness (QED) is 0.617.